The van der Waals surface area contributed by atoms with E-state index in [9.17, 15) is 67.5 Å². The minimum atomic E-state index is -5.00. The Morgan fingerprint density at radius 3 is 1.68 bits per heavy atom. The number of carboxylic acids is 2. The first kappa shape index (κ1) is 72.6. The third kappa shape index (κ3) is 19.3. The summed E-state index contributed by atoms with van der Waals surface area (Å²) < 4.78 is 153. The molecule has 2 aliphatic rings. The van der Waals surface area contributed by atoms with E-state index in [4.69, 9.17) is 30.0 Å². The van der Waals surface area contributed by atoms with Gasteiger partial charge in [0.25, 0.3) is 0 Å². The molecular weight excluding hydrogens is 1330 g/mol. The lowest BCUT2D eigenvalue weighted by atomic mass is 9.98. The normalized spacial score (nSPS) is 13.2. The number of aromatic carboxylic acids is 1. The number of ether oxygens (including phenoxy) is 4. The van der Waals surface area contributed by atoms with Gasteiger partial charge in [0.1, 0.15) is 35.8 Å². The largest absolute Gasteiger partial charge is 0.488 e. The number of aryl methyl sites for hydroxylation is 2. The van der Waals surface area contributed by atoms with Crippen molar-refractivity contribution in [3.8, 4) is 45.6 Å². The molecule has 510 valence electrons. The van der Waals surface area contributed by atoms with E-state index >= 15 is 0 Å². The zero-order chi connectivity index (χ0) is 69.7. The first-order valence-electron chi connectivity index (χ1n) is 29.7. The minimum absolute atomic E-state index is 0.0433. The Balaban J connectivity index is 0.000000214. The number of carbonyl (C=O) groups is 4. The van der Waals surface area contributed by atoms with E-state index in [1.54, 1.807) is 30.3 Å². The van der Waals surface area contributed by atoms with Gasteiger partial charge in [-0.25, -0.2) is 45.8 Å². The molecule has 0 bridgehead atoms. The van der Waals surface area contributed by atoms with Crippen LogP contribution >= 0.6 is 10.7 Å². The van der Waals surface area contributed by atoms with Crippen molar-refractivity contribution in [3.63, 3.8) is 0 Å². The van der Waals surface area contributed by atoms with Crippen molar-refractivity contribution in [2.24, 2.45) is 0 Å². The Bertz CT molecular complexity index is 4390. The maximum Gasteiger partial charge on any atom is 0.434 e. The van der Waals surface area contributed by atoms with E-state index in [2.05, 4.69) is 42.4 Å². The number of hydrogen-bond donors (Lipinski definition) is 3. The van der Waals surface area contributed by atoms with Gasteiger partial charge in [-0.2, -0.15) is 40.8 Å². The summed E-state index contributed by atoms with van der Waals surface area (Å²) in [6, 6.07) is 31.9. The molecule has 0 radical (unpaired) electrons. The molecule has 6 heterocycles. The van der Waals surface area contributed by atoms with E-state index in [1.165, 1.54) is 47.7 Å². The monoisotopic (exact) mass is 1390 g/mol. The van der Waals surface area contributed by atoms with Gasteiger partial charge in [0.05, 0.1) is 49.0 Å². The summed E-state index contributed by atoms with van der Waals surface area (Å²) in [5.74, 6) is -4.10. The first-order valence-corrected chi connectivity index (χ1v) is 33.8. The number of alkyl halides is 6. The zero-order valence-electron chi connectivity index (χ0n) is 52.0. The Kier molecular flexibility index (Phi) is 23.9. The molecular formula is C65H65ClF6N8O14S2. The highest BCUT2D eigenvalue weighted by molar-refractivity contribution is 8.13. The predicted octanol–water partition coefficient (Wildman–Crippen LogP) is 11.3. The predicted molar refractivity (Wildman–Crippen MR) is 339 cm³/mol. The van der Waals surface area contributed by atoms with E-state index in [0.29, 0.717) is 56.9 Å². The summed E-state index contributed by atoms with van der Waals surface area (Å²) in [6.07, 6.45) is -6.81. The van der Waals surface area contributed by atoms with Crippen LogP contribution in [0.4, 0.5) is 26.3 Å². The fourth-order valence-corrected chi connectivity index (χ4v) is 12.6. The number of carbonyl (C=O) groups excluding carboxylic acids is 2. The van der Waals surface area contributed by atoms with Crippen molar-refractivity contribution < 1.29 is 91.5 Å². The highest BCUT2D eigenvalue weighted by atomic mass is 35.7. The summed E-state index contributed by atoms with van der Waals surface area (Å²) >= 11 is 0. The highest BCUT2D eigenvalue weighted by Crippen LogP contribution is 2.38. The number of methoxy groups -OCH3 is 1. The van der Waals surface area contributed by atoms with Crippen LogP contribution in [0.25, 0.3) is 34.2 Å². The third-order valence-electron chi connectivity index (χ3n) is 14.9. The fourth-order valence-electron chi connectivity index (χ4n) is 10.3. The average Bonchev–Trinajstić information content (AvgIpc) is 1.55. The van der Waals surface area contributed by atoms with Gasteiger partial charge in [0.2, 0.25) is 19.1 Å². The lowest BCUT2D eigenvalue weighted by Crippen LogP contribution is -2.37. The number of aliphatic carboxylic acids is 1. The SMILES string of the molecule is CCOC(=O)c1cnn(-c2cccc(-c3cc(C)ccc3OCc3ccc4c(c3)CCNC4)n2)c1C(F)(F)F.COC(=O)CCCS(=O)(=O)Cl.Cc1ccc(OCc2ccc3c(c2)CCN(S(=O)(=O)CCCC(=O)O)C3)c(-c2cccc(-n3ncc(C(=O)O)c3C(F)(F)F)n2)c1. The summed E-state index contributed by atoms with van der Waals surface area (Å²) in [5.41, 5.74) is 5.49. The minimum Gasteiger partial charge on any atom is -0.488 e. The van der Waals surface area contributed by atoms with Crippen molar-refractivity contribution in [1.82, 2.24) is 39.2 Å². The molecule has 4 aromatic heterocycles. The van der Waals surface area contributed by atoms with Crippen LogP contribution in [0.5, 0.6) is 11.5 Å². The molecule has 0 spiro atoms. The number of sulfonamides is 1. The second-order valence-corrected chi connectivity index (χ2v) is 26.9. The van der Waals surface area contributed by atoms with Gasteiger partial charge in [-0.05, 0) is 135 Å². The lowest BCUT2D eigenvalue weighted by molar-refractivity contribution is -0.144. The third-order valence-corrected chi connectivity index (χ3v) is 18.0. The van der Waals surface area contributed by atoms with Gasteiger partial charge in [0.15, 0.2) is 23.0 Å². The van der Waals surface area contributed by atoms with Crippen LogP contribution in [0.3, 0.4) is 0 Å². The van der Waals surface area contributed by atoms with E-state index in [0.717, 1.165) is 59.1 Å². The number of nitrogens with one attached hydrogen (secondary N) is 1. The van der Waals surface area contributed by atoms with E-state index in [-0.39, 0.29) is 80.8 Å². The number of nitrogens with zero attached hydrogens (tertiary/aromatic N) is 7. The second kappa shape index (κ2) is 31.5. The molecule has 10 rings (SSSR count). The Morgan fingerprint density at radius 1 is 0.646 bits per heavy atom. The first-order chi connectivity index (χ1) is 45.4. The van der Waals surface area contributed by atoms with Crippen molar-refractivity contribution in [3.05, 3.63) is 189 Å². The second-order valence-electron chi connectivity index (χ2n) is 21.9. The van der Waals surface area contributed by atoms with Gasteiger partial charge in [-0.1, -0.05) is 71.8 Å². The lowest BCUT2D eigenvalue weighted by Gasteiger charge is -2.28. The standard InChI is InChI=1S/C31H29F3N4O7S.C29H27F3N4O3.C5H9ClO4S/c1-19-7-10-26(23(14-19)25-4-2-5-27(36-25)38-29(31(32,33)34)24(16-35-38)30(41)42)45-18-20-8-9-22-17-37(12-11-21(22)15-20)46(43,44)13-3-6-28(39)40;1-3-38-28(37)23-16-34-36(27(23)29(30,31)32)26-6-4-5-24(35-26)22-13-18(2)7-10-25(22)39-17-19-8-9-21-15-33-12-11-20(21)14-19;1-10-5(7)3-2-4-11(6,8)9/h2,4-5,7-10,14-16H,3,6,11-13,17-18H2,1H3,(H,39,40)(H,41,42);4-10,13-14,16,33H,3,11-12,15,17H2,1-2H3;2-4H2,1H3. The van der Waals surface area contributed by atoms with Crippen LogP contribution < -0.4 is 14.8 Å². The van der Waals surface area contributed by atoms with Gasteiger partial charge < -0.3 is 34.5 Å². The molecule has 31 heteroatoms. The Hall–Kier alpha value is -9.23. The molecule has 0 fully saturated rings. The van der Waals surface area contributed by atoms with Gasteiger partial charge >= 0.3 is 36.2 Å². The van der Waals surface area contributed by atoms with E-state index in [1.807, 2.05) is 62.4 Å². The number of fused-ring (bicyclic) bond motifs is 2. The number of carboxylic acid groups (broad SMARTS) is 2. The number of pyridine rings is 2. The summed E-state index contributed by atoms with van der Waals surface area (Å²) in [7, 11) is -0.930. The van der Waals surface area contributed by atoms with Gasteiger partial charge in [0, 0.05) is 54.3 Å². The van der Waals surface area contributed by atoms with Crippen LogP contribution in [0.1, 0.15) is 109 Å². The summed E-state index contributed by atoms with van der Waals surface area (Å²) in [6.45, 7) is 7.94. The number of halogens is 7. The molecule has 0 unspecified atom stereocenters. The van der Waals surface area contributed by atoms with Crippen molar-refractivity contribution >= 4 is 53.6 Å². The van der Waals surface area contributed by atoms with Gasteiger partial charge in [-0.15, -0.1) is 0 Å². The maximum absolute atomic E-state index is 14.0. The smallest absolute Gasteiger partial charge is 0.434 e. The number of hydrogen-bond acceptors (Lipinski definition) is 17. The number of aromatic nitrogens is 6. The Morgan fingerprint density at radius 2 is 1.17 bits per heavy atom. The quantitative estimate of drug-likeness (QED) is 0.0323. The fraction of sp³-hybridized carbons (Fsp3) is 0.323. The van der Waals surface area contributed by atoms with Crippen molar-refractivity contribution in [2.75, 3.05) is 38.3 Å². The summed E-state index contributed by atoms with van der Waals surface area (Å²) in [5, 5.41) is 28.9. The van der Waals surface area contributed by atoms with E-state index < -0.39 is 77.8 Å². The Labute approximate surface area is 552 Å². The van der Waals surface area contributed by atoms with Crippen molar-refractivity contribution in [1.29, 1.82) is 0 Å². The topological polar surface area (TPSA) is 291 Å². The van der Waals surface area contributed by atoms with Crippen LogP contribution in [-0.2, 0) is 89.6 Å². The average molecular weight is 1400 g/mol. The molecule has 0 aliphatic carbocycles. The molecule has 22 nitrogen and oxygen atoms in total. The molecule has 0 saturated carbocycles. The molecule has 2 aliphatic heterocycles. The number of benzene rings is 4. The van der Waals surface area contributed by atoms with Crippen LogP contribution in [0.15, 0.2) is 122 Å². The highest BCUT2D eigenvalue weighted by Gasteiger charge is 2.43. The zero-order valence-corrected chi connectivity index (χ0v) is 54.4. The molecule has 4 aromatic carbocycles. The maximum atomic E-state index is 14.0. The van der Waals surface area contributed by atoms with Crippen molar-refractivity contribution in [2.45, 2.75) is 98.0 Å². The summed E-state index contributed by atoms with van der Waals surface area (Å²) in [4.78, 5) is 53.7. The van der Waals surface area contributed by atoms with Gasteiger partial charge in [-0.3, -0.25) is 9.59 Å². The molecule has 0 atom stereocenters. The molecule has 0 amide bonds. The van der Waals surface area contributed by atoms with Crippen LogP contribution in [0, 0.1) is 13.8 Å². The van der Waals surface area contributed by atoms with Crippen LogP contribution in [-0.4, -0.2) is 123 Å². The molecule has 3 N–H and O–H groups in total. The number of esters is 2. The molecule has 96 heavy (non-hydrogen) atoms. The number of rotatable bonds is 22. The van der Waals surface area contributed by atoms with Crippen LogP contribution in [0.2, 0.25) is 0 Å². The molecule has 8 aromatic rings. The molecule has 0 saturated heterocycles.